The van der Waals surface area contributed by atoms with E-state index < -0.39 is 0 Å². The molecule has 212 valence electrons. The monoisotopic (exact) mass is 586 g/mol. The smallest absolute Gasteiger partial charge is 0.235 e. The van der Waals surface area contributed by atoms with Gasteiger partial charge in [-0.15, -0.1) is 0 Å². The molecule has 0 fully saturated rings. The van der Waals surface area contributed by atoms with E-state index in [4.69, 9.17) is 19.4 Å². The van der Waals surface area contributed by atoms with Crippen molar-refractivity contribution in [2.24, 2.45) is 0 Å². The largest absolute Gasteiger partial charge is 0.454 e. The number of fused-ring (bicyclic) bond motifs is 18. The summed E-state index contributed by atoms with van der Waals surface area (Å²) in [5.74, 6) is 0.623. The number of rotatable bonds is 1. The van der Waals surface area contributed by atoms with E-state index in [1.54, 1.807) is 0 Å². The van der Waals surface area contributed by atoms with Crippen molar-refractivity contribution in [1.29, 1.82) is 0 Å². The highest BCUT2D eigenvalue weighted by atomic mass is 16.3. The molecule has 0 unspecified atom stereocenters. The van der Waals surface area contributed by atoms with Crippen LogP contribution in [0.4, 0.5) is 0 Å². The van der Waals surface area contributed by atoms with Crippen molar-refractivity contribution in [1.82, 2.24) is 19.5 Å². The molecular weight excluding hydrogens is 564 g/mol. The Morgan fingerprint density at radius 3 is 2.00 bits per heavy atom. The van der Waals surface area contributed by atoms with Crippen LogP contribution in [0.15, 0.2) is 138 Å². The maximum atomic E-state index is 6.61. The first kappa shape index (κ1) is 24.0. The van der Waals surface area contributed by atoms with Gasteiger partial charge in [0.05, 0.1) is 21.9 Å². The fraction of sp³-hybridized carbons (Fsp3) is 0. The maximum absolute atomic E-state index is 6.61. The summed E-state index contributed by atoms with van der Waals surface area (Å²) in [6, 6.07) is 42.5. The second-order valence-electron chi connectivity index (χ2n) is 12.0. The van der Waals surface area contributed by atoms with Crippen LogP contribution in [0.1, 0.15) is 0 Å². The molecular formula is C41H22N4O. The van der Waals surface area contributed by atoms with Crippen LogP contribution in [0, 0.1) is 0 Å². The number of aromatic nitrogens is 4. The van der Waals surface area contributed by atoms with Gasteiger partial charge < -0.3 is 4.42 Å². The molecule has 11 rings (SSSR count). The van der Waals surface area contributed by atoms with Crippen LogP contribution in [-0.4, -0.2) is 19.5 Å². The van der Waals surface area contributed by atoms with Crippen molar-refractivity contribution >= 4 is 97.9 Å². The zero-order chi connectivity index (χ0) is 29.9. The second-order valence-corrected chi connectivity index (χ2v) is 12.0. The fourth-order valence-electron chi connectivity index (χ4n) is 7.76. The number of nitrogens with zero attached hydrogens (tertiary/aromatic N) is 4. The first-order valence-electron chi connectivity index (χ1n) is 15.5. The van der Waals surface area contributed by atoms with E-state index in [2.05, 4.69) is 108 Å². The normalized spacial score (nSPS) is 12.3. The third-order valence-electron chi connectivity index (χ3n) is 9.65. The van der Waals surface area contributed by atoms with Crippen LogP contribution < -0.4 is 0 Å². The third kappa shape index (κ3) is 2.97. The minimum Gasteiger partial charge on any atom is -0.454 e. The summed E-state index contributed by atoms with van der Waals surface area (Å²) in [6.07, 6.45) is 3.85. The van der Waals surface area contributed by atoms with Gasteiger partial charge in [0.1, 0.15) is 11.1 Å². The molecule has 0 N–H and O–H groups in total. The molecule has 0 aliphatic rings. The highest BCUT2D eigenvalue weighted by Crippen LogP contribution is 2.47. The highest BCUT2D eigenvalue weighted by molar-refractivity contribution is 6.37. The Balaban J connectivity index is 1.42. The molecule has 11 aromatic rings. The van der Waals surface area contributed by atoms with Crippen molar-refractivity contribution < 1.29 is 4.42 Å². The van der Waals surface area contributed by atoms with Crippen molar-refractivity contribution in [2.45, 2.75) is 0 Å². The SMILES string of the molecule is c1ccc2c(c1)ccc1c2c2c3cccnc3c3oc4ccccc4c3c2n1-c1ncc2c3ccccc3c3ccccc3c2n1. The van der Waals surface area contributed by atoms with Gasteiger partial charge in [-0.1, -0.05) is 103 Å². The molecule has 0 bridgehead atoms. The minimum absolute atomic E-state index is 0.623. The van der Waals surface area contributed by atoms with Crippen LogP contribution in [-0.2, 0) is 0 Å². The lowest BCUT2D eigenvalue weighted by Gasteiger charge is -2.12. The molecule has 0 aliphatic heterocycles. The Kier molecular flexibility index (Phi) is 4.52. The second kappa shape index (κ2) is 8.65. The lowest BCUT2D eigenvalue weighted by Crippen LogP contribution is -2.02. The van der Waals surface area contributed by atoms with Gasteiger partial charge in [0.25, 0.3) is 0 Å². The van der Waals surface area contributed by atoms with E-state index in [-0.39, 0.29) is 0 Å². The summed E-state index contributed by atoms with van der Waals surface area (Å²) in [7, 11) is 0. The molecule has 46 heavy (non-hydrogen) atoms. The van der Waals surface area contributed by atoms with Crippen LogP contribution >= 0.6 is 0 Å². The van der Waals surface area contributed by atoms with E-state index in [0.717, 1.165) is 76.3 Å². The lowest BCUT2D eigenvalue weighted by molar-refractivity contribution is 0.672. The summed E-state index contributed by atoms with van der Waals surface area (Å²) in [6.45, 7) is 0. The van der Waals surface area contributed by atoms with Crippen molar-refractivity contribution in [3.8, 4) is 5.95 Å². The fourth-order valence-corrected chi connectivity index (χ4v) is 7.76. The van der Waals surface area contributed by atoms with Crippen molar-refractivity contribution in [2.75, 3.05) is 0 Å². The number of hydrogen-bond acceptors (Lipinski definition) is 4. The van der Waals surface area contributed by atoms with E-state index in [1.165, 1.54) is 21.5 Å². The van der Waals surface area contributed by atoms with E-state index >= 15 is 0 Å². The first-order chi connectivity index (χ1) is 22.8. The Bertz CT molecular complexity index is 3060. The Morgan fingerprint density at radius 1 is 0.478 bits per heavy atom. The van der Waals surface area contributed by atoms with Gasteiger partial charge in [-0.3, -0.25) is 9.55 Å². The van der Waals surface area contributed by atoms with Gasteiger partial charge in [0.15, 0.2) is 5.58 Å². The first-order valence-corrected chi connectivity index (χ1v) is 15.5. The predicted octanol–water partition coefficient (Wildman–Crippen LogP) is 10.6. The lowest BCUT2D eigenvalue weighted by atomic mass is 9.98. The van der Waals surface area contributed by atoms with E-state index in [1.807, 2.05) is 30.6 Å². The number of para-hydroxylation sites is 1. The predicted molar refractivity (Wildman–Crippen MR) is 189 cm³/mol. The number of furan rings is 1. The van der Waals surface area contributed by atoms with Gasteiger partial charge in [-0.25, -0.2) is 9.97 Å². The van der Waals surface area contributed by atoms with Crippen molar-refractivity contribution in [3.05, 3.63) is 134 Å². The van der Waals surface area contributed by atoms with Crippen LogP contribution in [0.5, 0.6) is 0 Å². The molecule has 0 spiro atoms. The van der Waals surface area contributed by atoms with Crippen LogP contribution in [0.25, 0.3) is 104 Å². The molecule has 7 aromatic carbocycles. The average Bonchev–Trinajstić information content (AvgIpc) is 3.69. The Hall–Kier alpha value is -6.33. The van der Waals surface area contributed by atoms with Gasteiger partial charge in [-0.05, 0) is 45.1 Å². The van der Waals surface area contributed by atoms with Gasteiger partial charge >= 0.3 is 0 Å². The molecule has 0 radical (unpaired) electrons. The van der Waals surface area contributed by atoms with E-state index in [9.17, 15) is 0 Å². The molecule has 0 saturated heterocycles. The molecule has 4 heterocycles. The van der Waals surface area contributed by atoms with E-state index in [0.29, 0.717) is 5.95 Å². The zero-order valence-electron chi connectivity index (χ0n) is 24.4. The quantitative estimate of drug-likeness (QED) is 0.180. The molecule has 5 nitrogen and oxygen atoms in total. The summed E-state index contributed by atoms with van der Waals surface area (Å²) in [5, 5.41) is 13.4. The van der Waals surface area contributed by atoms with Gasteiger partial charge in [-0.2, -0.15) is 0 Å². The number of pyridine rings is 1. The van der Waals surface area contributed by atoms with Crippen molar-refractivity contribution in [3.63, 3.8) is 0 Å². The maximum Gasteiger partial charge on any atom is 0.235 e. The Morgan fingerprint density at radius 2 is 1.15 bits per heavy atom. The molecule has 5 heteroatoms. The number of hydrogen-bond donors (Lipinski definition) is 0. The average molecular weight is 587 g/mol. The standard InChI is InChI=1S/C41H22N4O/c1-2-11-24-23(10-1)19-20-32-34(24)35-30-17-9-21-42-38(30)40-36(29-16-7-8-18-33(29)46-40)39(35)45(32)41-43-22-31-27-14-4-3-12-25(27)26-13-5-6-15-28(26)37(31)44-41/h1-22H. The molecule has 0 saturated carbocycles. The zero-order valence-corrected chi connectivity index (χ0v) is 24.4. The summed E-state index contributed by atoms with van der Waals surface area (Å²) >= 11 is 0. The Labute approximate surface area is 260 Å². The molecule has 0 atom stereocenters. The minimum atomic E-state index is 0.623. The summed E-state index contributed by atoms with van der Waals surface area (Å²) in [4.78, 5) is 15.5. The van der Waals surface area contributed by atoms with Gasteiger partial charge in [0.2, 0.25) is 5.95 Å². The van der Waals surface area contributed by atoms with Crippen LogP contribution in [0.2, 0.25) is 0 Å². The topological polar surface area (TPSA) is 56.7 Å². The summed E-state index contributed by atoms with van der Waals surface area (Å²) < 4.78 is 8.85. The molecule has 0 aliphatic carbocycles. The molecule has 4 aromatic heterocycles. The summed E-state index contributed by atoms with van der Waals surface area (Å²) in [5.41, 5.74) is 5.46. The van der Waals surface area contributed by atoms with Gasteiger partial charge in [0, 0.05) is 44.7 Å². The molecule has 0 amide bonds. The van der Waals surface area contributed by atoms with Crippen LogP contribution in [0.3, 0.4) is 0 Å². The highest BCUT2D eigenvalue weighted by Gasteiger charge is 2.25. The third-order valence-corrected chi connectivity index (χ3v) is 9.65. The number of benzene rings is 7.